The highest BCUT2D eigenvalue weighted by Gasteiger charge is 2.51. The maximum absolute atomic E-state index is 13.4. The van der Waals surface area contributed by atoms with Gasteiger partial charge in [0.05, 0.1) is 32.0 Å². The van der Waals surface area contributed by atoms with Crippen LogP contribution < -0.4 is 5.32 Å². The molecule has 0 bridgehead atoms. The molecule has 1 amide bonds. The summed E-state index contributed by atoms with van der Waals surface area (Å²) in [7, 11) is 0. The second-order valence-corrected chi connectivity index (χ2v) is 27.5. The summed E-state index contributed by atoms with van der Waals surface area (Å²) in [4.78, 5) is 13.4. The first kappa shape index (κ1) is 85.3. The number of nitrogens with one attached hydrogen (secondary N) is 1. The molecule has 9 N–H and O–H groups in total. The zero-order chi connectivity index (χ0) is 65.9. The van der Waals surface area contributed by atoms with Crippen molar-refractivity contribution in [1.82, 2.24) is 5.32 Å². The summed E-state index contributed by atoms with van der Waals surface area (Å²) in [6.07, 6.45) is 63.4. The molecule has 2 heterocycles. The van der Waals surface area contributed by atoms with Crippen molar-refractivity contribution in [2.45, 2.75) is 428 Å². The average Bonchev–Trinajstić information content (AvgIpc) is 1.24. The van der Waals surface area contributed by atoms with Gasteiger partial charge in [0.25, 0.3) is 0 Å². The van der Waals surface area contributed by atoms with Gasteiger partial charge in [0, 0.05) is 6.42 Å². The molecule has 2 rings (SSSR count). The zero-order valence-electron chi connectivity index (χ0n) is 58.6. The second-order valence-electron chi connectivity index (χ2n) is 27.5. The number of aliphatic hydroxyl groups excluding tert-OH is 8. The van der Waals surface area contributed by atoms with E-state index in [0.717, 1.165) is 64.2 Å². The fraction of sp³-hybridized carbons (Fsp3) is 0.909. The molecule has 91 heavy (non-hydrogen) atoms. The molecule has 0 aromatic heterocycles. The molecule has 12 atom stereocenters. The summed E-state index contributed by atoms with van der Waals surface area (Å²) in [6, 6.07) is -0.827. The normalized spacial score (nSPS) is 22.9. The lowest BCUT2D eigenvalue weighted by molar-refractivity contribution is -0.359. The van der Waals surface area contributed by atoms with Crippen LogP contribution in [0.4, 0.5) is 0 Å². The molecule has 14 heteroatoms. The maximum Gasteiger partial charge on any atom is 0.220 e. The van der Waals surface area contributed by atoms with E-state index in [1.807, 2.05) is 0 Å². The van der Waals surface area contributed by atoms with Gasteiger partial charge in [0.15, 0.2) is 12.6 Å². The van der Waals surface area contributed by atoms with E-state index in [4.69, 9.17) is 18.9 Å². The number of hydrogen-bond acceptors (Lipinski definition) is 13. The van der Waals surface area contributed by atoms with Gasteiger partial charge in [-0.1, -0.05) is 333 Å². The molecule has 2 saturated heterocycles. The van der Waals surface area contributed by atoms with Crippen LogP contribution in [0, 0.1) is 0 Å². The highest BCUT2D eigenvalue weighted by atomic mass is 16.7. The molecule has 0 radical (unpaired) electrons. The lowest BCUT2D eigenvalue weighted by atomic mass is 9.97. The highest BCUT2D eigenvalue weighted by molar-refractivity contribution is 5.76. The molecule has 536 valence electrons. The van der Waals surface area contributed by atoms with Crippen LogP contribution in [0.25, 0.3) is 0 Å². The molecule has 2 aliphatic rings. The van der Waals surface area contributed by atoms with Gasteiger partial charge in [-0.05, 0) is 51.4 Å². The molecular weight excluding hydrogens is 1150 g/mol. The Labute approximate surface area is 557 Å². The third-order valence-electron chi connectivity index (χ3n) is 19.1. The number of aliphatic hydroxyl groups is 8. The van der Waals surface area contributed by atoms with E-state index in [1.165, 1.54) is 263 Å². The third-order valence-corrected chi connectivity index (χ3v) is 19.1. The third kappa shape index (κ3) is 45.4. The van der Waals surface area contributed by atoms with E-state index in [1.54, 1.807) is 0 Å². The number of carbonyl (C=O) groups excluding carboxylic acids is 1. The first-order valence-electron chi connectivity index (χ1n) is 38.7. The number of unbranched alkanes of at least 4 members (excludes halogenated alkanes) is 46. The van der Waals surface area contributed by atoms with Crippen molar-refractivity contribution in [2.24, 2.45) is 0 Å². The Balaban J connectivity index is 1.53. The number of amides is 1. The largest absolute Gasteiger partial charge is 0.394 e. The molecule has 0 aromatic rings. The Bertz CT molecular complexity index is 1670. The molecule has 2 fully saturated rings. The van der Waals surface area contributed by atoms with Gasteiger partial charge in [-0.3, -0.25) is 4.79 Å². The second kappa shape index (κ2) is 61.8. The van der Waals surface area contributed by atoms with Gasteiger partial charge in [-0.15, -0.1) is 0 Å². The van der Waals surface area contributed by atoms with Crippen LogP contribution in [-0.4, -0.2) is 140 Å². The molecular formula is C77H145NO13. The molecule has 2 aliphatic heterocycles. The fourth-order valence-electron chi connectivity index (χ4n) is 13.0. The quantitative estimate of drug-likeness (QED) is 0.0204. The van der Waals surface area contributed by atoms with Gasteiger partial charge in [0.1, 0.15) is 48.8 Å². The standard InChI is InChI=1S/C77H145NO13/c1-3-5-7-9-11-13-15-17-19-21-22-23-24-25-26-27-28-29-30-31-32-33-34-35-36-37-38-39-40-41-42-43-44-45-47-49-51-53-55-57-59-61-69(82)78-65(66(81)60-58-56-54-52-50-48-46-20-18-16-14-12-10-8-6-4-2)64-88-76-74(87)72(85)75(68(63-80)90-76)91-77-73(86)71(84)70(83)67(62-79)89-77/h15,17,21-22,24-25,65-68,70-77,79-81,83-87H,3-14,16,18-20,23,26-64H2,1-2H3,(H,78,82)/b17-15-,22-21-,25-24-. The Morgan fingerprint density at radius 1 is 0.396 bits per heavy atom. The van der Waals surface area contributed by atoms with E-state index in [9.17, 15) is 45.6 Å². The first-order chi connectivity index (χ1) is 44.6. The highest BCUT2D eigenvalue weighted by Crippen LogP contribution is 2.30. The van der Waals surface area contributed by atoms with Crippen LogP contribution >= 0.6 is 0 Å². The monoisotopic (exact) mass is 1290 g/mol. The Morgan fingerprint density at radius 3 is 1.11 bits per heavy atom. The predicted octanol–water partition coefficient (Wildman–Crippen LogP) is 16.9. The molecule has 0 saturated carbocycles. The summed E-state index contributed by atoms with van der Waals surface area (Å²) in [6.45, 7) is 2.89. The van der Waals surface area contributed by atoms with Crippen molar-refractivity contribution in [3.05, 3.63) is 36.5 Å². The fourth-order valence-corrected chi connectivity index (χ4v) is 13.0. The van der Waals surface area contributed by atoms with Crippen LogP contribution in [0.1, 0.15) is 354 Å². The van der Waals surface area contributed by atoms with Gasteiger partial charge >= 0.3 is 0 Å². The summed E-state index contributed by atoms with van der Waals surface area (Å²) in [5.41, 5.74) is 0. The van der Waals surface area contributed by atoms with E-state index < -0.39 is 86.8 Å². The van der Waals surface area contributed by atoms with Crippen LogP contribution in [-0.2, 0) is 23.7 Å². The van der Waals surface area contributed by atoms with Crippen molar-refractivity contribution in [1.29, 1.82) is 0 Å². The Hall–Kier alpha value is -1.79. The number of hydrogen-bond donors (Lipinski definition) is 9. The predicted molar refractivity (Wildman–Crippen MR) is 374 cm³/mol. The van der Waals surface area contributed by atoms with Gasteiger partial charge in [0.2, 0.25) is 5.91 Å². The summed E-state index contributed by atoms with van der Waals surface area (Å²) in [5.74, 6) is -0.199. The minimum absolute atomic E-state index is 0.199. The maximum atomic E-state index is 13.4. The molecule has 12 unspecified atom stereocenters. The number of allylic oxidation sites excluding steroid dienone is 6. The molecule has 0 aliphatic carbocycles. The van der Waals surface area contributed by atoms with Crippen LogP contribution in [0.3, 0.4) is 0 Å². The van der Waals surface area contributed by atoms with Crippen molar-refractivity contribution >= 4 is 5.91 Å². The SMILES string of the molecule is CCCCCCC/C=C\C/C=C\C/C=C\CCCCCCCCCCCCCCCCCCCCCCCCCCCCC(=O)NC(COC1OC(CO)C(OC2OC(CO)C(O)C(O)C2O)C(O)C1O)C(O)CCCCCCCCCCCCCCCCCC. The Morgan fingerprint density at radius 2 is 0.725 bits per heavy atom. The van der Waals surface area contributed by atoms with Crippen LogP contribution in [0.15, 0.2) is 36.5 Å². The first-order valence-corrected chi connectivity index (χ1v) is 38.7. The van der Waals surface area contributed by atoms with E-state index in [-0.39, 0.29) is 12.5 Å². The van der Waals surface area contributed by atoms with Crippen molar-refractivity contribution in [3.63, 3.8) is 0 Å². The number of ether oxygens (including phenoxy) is 4. The molecule has 0 aromatic carbocycles. The van der Waals surface area contributed by atoms with Crippen LogP contribution in [0.5, 0.6) is 0 Å². The summed E-state index contributed by atoms with van der Waals surface area (Å²) < 4.78 is 22.9. The average molecular weight is 1290 g/mol. The number of rotatable bonds is 65. The van der Waals surface area contributed by atoms with Crippen molar-refractivity contribution in [2.75, 3.05) is 19.8 Å². The summed E-state index contributed by atoms with van der Waals surface area (Å²) >= 11 is 0. The van der Waals surface area contributed by atoms with E-state index in [2.05, 4.69) is 55.6 Å². The molecule has 14 nitrogen and oxygen atoms in total. The lowest BCUT2D eigenvalue weighted by Crippen LogP contribution is -2.65. The Kier molecular flexibility index (Phi) is 57.9. The lowest BCUT2D eigenvalue weighted by Gasteiger charge is -2.46. The summed E-state index contributed by atoms with van der Waals surface area (Å²) in [5, 5.41) is 87.6. The van der Waals surface area contributed by atoms with Gasteiger partial charge in [-0.25, -0.2) is 0 Å². The minimum Gasteiger partial charge on any atom is -0.394 e. The van der Waals surface area contributed by atoms with E-state index >= 15 is 0 Å². The van der Waals surface area contributed by atoms with E-state index in [0.29, 0.717) is 12.8 Å². The van der Waals surface area contributed by atoms with Crippen molar-refractivity contribution < 1.29 is 64.6 Å². The smallest absolute Gasteiger partial charge is 0.220 e. The van der Waals surface area contributed by atoms with Gasteiger partial charge < -0.3 is 65.1 Å². The topological polar surface area (TPSA) is 228 Å². The minimum atomic E-state index is -1.78. The van der Waals surface area contributed by atoms with Crippen molar-refractivity contribution in [3.8, 4) is 0 Å². The molecule has 0 spiro atoms. The zero-order valence-corrected chi connectivity index (χ0v) is 58.6. The van der Waals surface area contributed by atoms with Gasteiger partial charge in [-0.2, -0.15) is 0 Å². The van der Waals surface area contributed by atoms with Crippen LogP contribution in [0.2, 0.25) is 0 Å². The number of carbonyl (C=O) groups is 1.